The van der Waals surface area contributed by atoms with Crippen LogP contribution < -0.4 is 0 Å². The quantitative estimate of drug-likeness (QED) is 0.178. The molecule has 7 aromatic carbocycles. The zero-order chi connectivity index (χ0) is 39.3. The third-order valence-corrected chi connectivity index (χ3v) is 13.9. The second kappa shape index (κ2) is 12.5. The summed E-state index contributed by atoms with van der Waals surface area (Å²) in [6.45, 7) is 0. The predicted octanol–water partition coefficient (Wildman–Crippen LogP) is 11.9. The van der Waals surface area contributed by atoms with Gasteiger partial charge in [-0.15, -0.1) is 0 Å². The van der Waals surface area contributed by atoms with Crippen molar-refractivity contribution in [3.8, 4) is 56.2 Å². The molecule has 59 heavy (non-hydrogen) atoms. The van der Waals surface area contributed by atoms with Gasteiger partial charge >= 0.3 is 0 Å². The Hall–Kier alpha value is -7.48. The lowest BCUT2D eigenvalue weighted by molar-refractivity contribution is 0.579. The molecule has 1 aliphatic heterocycles. The summed E-state index contributed by atoms with van der Waals surface area (Å²) in [5.74, 6) is 0.540. The topological polar surface area (TPSA) is 86.0 Å². The largest absolute Gasteiger partial charge is 0.456 e. The molecular weight excluding hydrogens is 747 g/mol. The molecule has 6 nitrogen and oxygen atoms in total. The van der Waals surface area contributed by atoms with Crippen LogP contribution in [0.1, 0.15) is 22.3 Å². The molecule has 0 radical (unpaired) electrons. The molecule has 1 spiro atoms. The molecule has 10 aromatic rings. The molecule has 0 fully saturated rings. The molecule has 12 rings (SSSR count). The summed E-state index contributed by atoms with van der Waals surface area (Å²) in [4.78, 5) is 15.4. The smallest absolute Gasteiger partial charge is 0.207 e. The number of hydrogen-bond donors (Lipinski definition) is 0. The molecular formula is C52H31N3O3S. The van der Waals surface area contributed by atoms with Crippen molar-refractivity contribution in [2.75, 3.05) is 0 Å². The number of hydrogen-bond acceptors (Lipinski definition) is 6. The maximum atomic E-state index is 15.1. The Morgan fingerprint density at radius 2 is 1.10 bits per heavy atom. The van der Waals surface area contributed by atoms with Gasteiger partial charge in [-0.3, -0.25) is 4.98 Å². The van der Waals surface area contributed by atoms with Crippen LogP contribution >= 0.6 is 0 Å². The zero-order valence-electron chi connectivity index (χ0n) is 31.4. The Bertz CT molecular complexity index is 3410. The Kier molecular flexibility index (Phi) is 7.13. The normalized spacial score (nSPS) is 15.8. The number of aromatic nitrogens is 3. The lowest BCUT2D eigenvalue weighted by Crippen LogP contribution is -2.38. The number of rotatable bonds is 3. The first kappa shape index (κ1) is 33.6. The van der Waals surface area contributed by atoms with Gasteiger partial charge in [0.25, 0.3) is 0 Å². The lowest BCUT2D eigenvalue weighted by atomic mass is 9.63. The summed E-state index contributed by atoms with van der Waals surface area (Å²) in [5, 5.41) is 1.62. The number of para-hydroxylation sites is 1. The zero-order valence-corrected chi connectivity index (χ0v) is 32.2. The molecule has 7 heteroatoms. The molecule has 278 valence electrons. The van der Waals surface area contributed by atoms with Crippen LogP contribution in [-0.2, 0) is 15.3 Å². The van der Waals surface area contributed by atoms with Crippen LogP contribution in [0.2, 0.25) is 0 Å². The van der Waals surface area contributed by atoms with E-state index in [1.807, 2.05) is 109 Å². The first-order valence-corrected chi connectivity index (χ1v) is 21.0. The van der Waals surface area contributed by atoms with Gasteiger partial charge in [0.05, 0.1) is 26.6 Å². The Balaban J connectivity index is 1.24. The summed E-state index contributed by atoms with van der Waals surface area (Å²) >= 11 is 0. The lowest BCUT2D eigenvalue weighted by Gasteiger charge is -2.42. The summed E-state index contributed by atoms with van der Waals surface area (Å²) < 4.78 is 36.8. The maximum Gasteiger partial charge on any atom is 0.207 e. The number of pyridine rings is 1. The van der Waals surface area contributed by atoms with Crippen LogP contribution in [0.5, 0.6) is 0 Å². The van der Waals surface area contributed by atoms with Gasteiger partial charge in [0.2, 0.25) is 9.84 Å². The fourth-order valence-corrected chi connectivity index (χ4v) is 11.3. The van der Waals surface area contributed by atoms with Crippen molar-refractivity contribution in [2.24, 2.45) is 0 Å². The summed E-state index contributed by atoms with van der Waals surface area (Å²) in [6, 6.07) is 58.4. The molecule has 0 saturated heterocycles. The maximum absolute atomic E-state index is 15.1. The van der Waals surface area contributed by atoms with Crippen LogP contribution in [0.3, 0.4) is 0 Å². The van der Waals surface area contributed by atoms with Crippen LogP contribution in [0.15, 0.2) is 203 Å². The number of nitrogens with zero attached hydrogens (tertiary/aromatic N) is 3. The Morgan fingerprint density at radius 3 is 1.90 bits per heavy atom. The van der Waals surface area contributed by atoms with Crippen molar-refractivity contribution in [2.45, 2.75) is 15.2 Å². The average molecular weight is 778 g/mol. The number of sulfone groups is 1. The standard InChI is InChI=1S/C52H31N3O3S/c56-59(57)49-23-11-9-21-42(49)52(44-29-48-40(28-50(44)59)39-19-7-10-22-47(39)58-48)41-20-8-6-18-37(41)35-16-4-5-17-36(35)38-25-24-33(27-43(38)52)51-54-45(32-13-2-1-3-14-32)30-46(55-51)34-15-12-26-53-31-34/h1-31H. The third kappa shape index (κ3) is 4.79. The van der Waals surface area contributed by atoms with E-state index in [-0.39, 0.29) is 9.79 Å². The molecule has 3 aromatic heterocycles. The van der Waals surface area contributed by atoms with Gasteiger partial charge in [0, 0.05) is 39.9 Å². The van der Waals surface area contributed by atoms with Crippen molar-refractivity contribution >= 4 is 31.8 Å². The van der Waals surface area contributed by atoms with Gasteiger partial charge in [-0.1, -0.05) is 127 Å². The Labute approximate surface area is 340 Å². The van der Waals surface area contributed by atoms with Crippen LogP contribution in [0, 0.1) is 0 Å². The average Bonchev–Trinajstić information content (AvgIpc) is 3.62. The third-order valence-electron chi connectivity index (χ3n) is 12.0. The van der Waals surface area contributed by atoms with E-state index in [1.165, 1.54) is 0 Å². The Morgan fingerprint density at radius 1 is 0.441 bits per heavy atom. The van der Waals surface area contributed by atoms with E-state index in [9.17, 15) is 0 Å². The number of furan rings is 1. The van der Waals surface area contributed by atoms with Crippen molar-refractivity contribution in [3.63, 3.8) is 0 Å². The molecule has 0 bridgehead atoms. The van der Waals surface area contributed by atoms with Crippen molar-refractivity contribution in [3.05, 3.63) is 211 Å². The molecule has 1 unspecified atom stereocenters. The van der Waals surface area contributed by atoms with Gasteiger partial charge in [-0.05, 0) is 93.0 Å². The van der Waals surface area contributed by atoms with Gasteiger partial charge < -0.3 is 4.42 Å². The van der Waals surface area contributed by atoms with Crippen molar-refractivity contribution in [1.82, 2.24) is 15.0 Å². The SMILES string of the molecule is O=S1(=O)c2ccccc2C2(c3ccccc3-c3ccccc3-c3ccc(-c4nc(-c5ccccc5)cc(-c5cccnc5)n4)cc32)c2cc3oc4ccccc4c3cc21. The van der Waals surface area contributed by atoms with Gasteiger partial charge in [-0.2, -0.15) is 0 Å². The first-order valence-electron chi connectivity index (χ1n) is 19.5. The summed E-state index contributed by atoms with van der Waals surface area (Å²) in [6.07, 6.45) is 3.57. The van der Waals surface area contributed by atoms with Crippen LogP contribution in [0.4, 0.5) is 0 Å². The fourth-order valence-electron chi connectivity index (χ4n) is 9.49. The van der Waals surface area contributed by atoms with Crippen LogP contribution in [0.25, 0.3) is 78.1 Å². The monoisotopic (exact) mass is 777 g/mol. The minimum Gasteiger partial charge on any atom is -0.456 e. The minimum absolute atomic E-state index is 0.258. The first-order chi connectivity index (χ1) is 29.0. The van der Waals surface area contributed by atoms with E-state index in [4.69, 9.17) is 14.4 Å². The highest BCUT2D eigenvalue weighted by atomic mass is 32.2. The second-order valence-electron chi connectivity index (χ2n) is 15.1. The van der Waals surface area contributed by atoms with Crippen LogP contribution in [-0.4, -0.2) is 23.4 Å². The number of benzene rings is 7. The highest BCUT2D eigenvalue weighted by molar-refractivity contribution is 7.91. The molecule has 4 heterocycles. The van der Waals surface area contributed by atoms with E-state index in [2.05, 4.69) is 71.7 Å². The van der Waals surface area contributed by atoms with Crippen molar-refractivity contribution < 1.29 is 12.8 Å². The van der Waals surface area contributed by atoms with Crippen molar-refractivity contribution in [1.29, 1.82) is 0 Å². The van der Waals surface area contributed by atoms with E-state index in [1.54, 1.807) is 12.3 Å². The van der Waals surface area contributed by atoms with E-state index < -0.39 is 15.3 Å². The molecule has 1 atom stereocenters. The highest BCUT2D eigenvalue weighted by Gasteiger charge is 2.52. The number of fused-ring (bicyclic) bond motifs is 14. The van der Waals surface area contributed by atoms with Gasteiger partial charge in [0.1, 0.15) is 11.2 Å². The molecule has 1 aliphatic carbocycles. The summed E-state index contributed by atoms with van der Waals surface area (Å²) in [5.41, 5.74) is 11.7. The summed E-state index contributed by atoms with van der Waals surface area (Å²) in [7, 11) is -4.01. The molecule has 0 saturated carbocycles. The minimum atomic E-state index is -4.01. The second-order valence-corrected chi connectivity index (χ2v) is 17.0. The van der Waals surface area contributed by atoms with E-state index in [0.29, 0.717) is 28.1 Å². The van der Waals surface area contributed by atoms with Gasteiger partial charge in [-0.25, -0.2) is 18.4 Å². The van der Waals surface area contributed by atoms with E-state index >= 15 is 8.42 Å². The molecule has 0 N–H and O–H groups in total. The predicted molar refractivity (Wildman–Crippen MR) is 232 cm³/mol. The molecule has 2 aliphatic rings. The molecule has 0 amide bonds. The highest BCUT2D eigenvalue weighted by Crippen LogP contribution is 2.60. The van der Waals surface area contributed by atoms with E-state index in [0.717, 1.165) is 72.2 Å². The fraction of sp³-hybridized carbons (Fsp3) is 0.0192. The van der Waals surface area contributed by atoms with Gasteiger partial charge in [0.15, 0.2) is 5.82 Å².